The molecular formula is C22H17FN4O3. The summed E-state index contributed by atoms with van der Waals surface area (Å²) < 4.78 is 23.1. The molecule has 3 aromatic heterocycles. The fraction of sp³-hybridized carbons (Fsp3) is 0.136. The van der Waals surface area contributed by atoms with Gasteiger partial charge in [0.25, 0.3) is 5.56 Å². The standard InChI is InChI=1S/C22H17FN4O3/c1-25-19-18(20(28)26(22(25)29)12-11-14-5-3-2-4-6-14)27-13-17(30-21(27)24-19)15-7-9-16(23)10-8-15/h2-10,13H,11-12H2,1H3. The van der Waals surface area contributed by atoms with Crippen LogP contribution in [0.25, 0.3) is 28.3 Å². The van der Waals surface area contributed by atoms with Crippen molar-refractivity contribution in [2.45, 2.75) is 13.0 Å². The van der Waals surface area contributed by atoms with Gasteiger partial charge in [0.1, 0.15) is 5.82 Å². The lowest BCUT2D eigenvalue weighted by atomic mass is 10.1. The van der Waals surface area contributed by atoms with Crippen molar-refractivity contribution in [2.75, 3.05) is 0 Å². The van der Waals surface area contributed by atoms with Crippen LogP contribution in [-0.4, -0.2) is 18.5 Å². The Kier molecular flexibility index (Phi) is 4.13. The van der Waals surface area contributed by atoms with Gasteiger partial charge in [-0.05, 0) is 36.2 Å². The molecule has 0 aliphatic heterocycles. The minimum atomic E-state index is -0.428. The fourth-order valence-electron chi connectivity index (χ4n) is 3.58. The van der Waals surface area contributed by atoms with Crippen LogP contribution in [0.2, 0.25) is 0 Å². The zero-order valence-corrected chi connectivity index (χ0v) is 16.1. The lowest BCUT2D eigenvalue weighted by molar-refractivity contribution is 0.601. The molecule has 0 radical (unpaired) electrons. The van der Waals surface area contributed by atoms with Gasteiger partial charge in [0, 0.05) is 19.2 Å². The summed E-state index contributed by atoms with van der Waals surface area (Å²) in [6.45, 7) is 0.251. The third-order valence-corrected chi connectivity index (χ3v) is 5.19. The highest BCUT2D eigenvalue weighted by molar-refractivity contribution is 5.76. The van der Waals surface area contributed by atoms with Crippen LogP contribution in [0.4, 0.5) is 4.39 Å². The lowest BCUT2D eigenvalue weighted by Gasteiger charge is -2.08. The number of hydrogen-bond donors (Lipinski definition) is 0. The van der Waals surface area contributed by atoms with Crippen LogP contribution in [-0.2, 0) is 20.0 Å². The number of fused-ring (bicyclic) bond motifs is 3. The number of aromatic nitrogens is 4. The van der Waals surface area contributed by atoms with E-state index in [4.69, 9.17) is 4.42 Å². The molecule has 0 saturated heterocycles. The Morgan fingerprint density at radius 1 is 1.03 bits per heavy atom. The highest BCUT2D eigenvalue weighted by Crippen LogP contribution is 2.24. The third-order valence-electron chi connectivity index (χ3n) is 5.19. The maximum atomic E-state index is 13.2. The van der Waals surface area contributed by atoms with Gasteiger partial charge in [-0.25, -0.2) is 9.18 Å². The molecule has 3 heterocycles. The molecule has 0 aliphatic rings. The normalized spacial score (nSPS) is 11.5. The molecule has 7 nitrogen and oxygen atoms in total. The molecule has 0 spiro atoms. The van der Waals surface area contributed by atoms with Gasteiger partial charge in [0.2, 0.25) is 0 Å². The maximum Gasteiger partial charge on any atom is 0.332 e. The summed E-state index contributed by atoms with van der Waals surface area (Å²) in [7, 11) is 1.58. The smallest absolute Gasteiger partial charge is 0.332 e. The highest BCUT2D eigenvalue weighted by atomic mass is 19.1. The average Bonchev–Trinajstić information content (AvgIpc) is 3.32. The van der Waals surface area contributed by atoms with E-state index in [0.717, 1.165) is 5.56 Å². The Bertz CT molecular complexity index is 1490. The summed E-state index contributed by atoms with van der Waals surface area (Å²) in [5, 5.41) is 0. The van der Waals surface area contributed by atoms with Crippen LogP contribution in [0.1, 0.15) is 5.56 Å². The van der Waals surface area contributed by atoms with Gasteiger partial charge in [-0.15, -0.1) is 0 Å². The number of hydrogen-bond acceptors (Lipinski definition) is 4. The molecule has 150 valence electrons. The molecule has 5 rings (SSSR count). The van der Waals surface area contributed by atoms with Gasteiger partial charge in [-0.3, -0.25) is 18.3 Å². The zero-order chi connectivity index (χ0) is 20.8. The van der Waals surface area contributed by atoms with Crippen LogP contribution in [0.5, 0.6) is 0 Å². The van der Waals surface area contributed by atoms with Crippen molar-refractivity contribution in [1.82, 2.24) is 18.5 Å². The van der Waals surface area contributed by atoms with E-state index in [1.807, 2.05) is 30.3 Å². The van der Waals surface area contributed by atoms with Crippen LogP contribution in [0.15, 0.2) is 74.8 Å². The van der Waals surface area contributed by atoms with Gasteiger partial charge in [-0.2, -0.15) is 4.98 Å². The monoisotopic (exact) mass is 404 g/mol. The number of rotatable bonds is 4. The van der Waals surface area contributed by atoms with E-state index in [-0.39, 0.29) is 29.4 Å². The van der Waals surface area contributed by atoms with Crippen LogP contribution < -0.4 is 11.2 Å². The Balaban J connectivity index is 1.65. The molecule has 0 atom stereocenters. The van der Waals surface area contributed by atoms with E-state index in [2.05, 4.69) is 4.98 Å². The number of halogens is 1. The van der Waals surface area contributed by atoms with E-state index < -0.39 is 11.2 Å². The molecule has 8 heteroatoms. The number of oxazole rings is 1. The Morgan fingerprint density at radius 2 is 1.77 bits per heavy atom. The number of imidazole rings is 1. The Morgan fingerprint density at radius 3 is 2.50 bits per heavy atom. The van der Waals surface area contributed by atoms with Gasteiger partial charge < -0.3 is 4.42 Å². The summed E-state index contributed by atoms with van der Waals surface area (Å²) >= 11 is 0. The van der Waals surface area contributed by atoms with Crippen molar-refractivity contribution in [3.8, 4) is 11.3 Å². The largest absolute Gasteiger partial charge is 0.423 e. The molecule has 30 heavy (non-hydrogen) atoms. The van der Waals surface area contributed by atoms with Crippen molar-refractivity contribution < 1.29 is 8.81 Å². The number of benzene rings is 2. The average molecular weight is 404 g/mol. The quantitative estimate of drug-likeness (QED) is 0.462. The number of aryl methyl sites for hydroxylation is 2. The molecule has 0 unspecified atom stereocenters. The minimum absolute atomic E-state index is 0.192. The van der Waals surface area contributed by atoms with Crippen LogP contribution >= 0.6 is 0 Å². The summed E-state index contributed by atoms with van der Waals surface area (Å²) in [4.78, 5) is 30.3. The predicted molar refractivity (Wildman–Crippen MR) is 110 cm³/mol. The molecular weight excluding hydrogens is 387 g/mol. The second-order valence-electron chi connectivity index (χ2n) is 7.07. The van der Waals surface area contributed by atoms with E-state index >= 15 is 0 Å². The van der Waals surface area contributed by atoms with E-state index in [0.29, 0.717) is 17.7 Å². The van der Waals surface area contributed by atoms with Crippen molar-refractivity contribution in [2.24, 2.45) is 7.05 Å². The van der Waals surface area contributed by atoms with Crippen molar-refractivity contribution in [3.63, 3.8) is 0 Å². The van der Waals surface area contributed by atoms with Crippen molar-refractivity contribution >= 4 is 17.0 Å². The maximum absolute atomic E-state index is 13.2. The molecule has 0 saturated carbocycles. The van der Waals surface area contributed by atoms with Gasteiger partial charge >= 0.3 is 11.5 Å². The molecule has 0 N–H and O–H groups in total. The van der Waals surface area contributed by atoms with E-state index in [1.165, 1.54) is 25.7 Å². The van der Waals surface area contributed by atoms with Crippen molar-refractivity contribution in [3.05, 3.63) is 93.0 Å². The minimum Gasteiger partial charge on any atom is -0.423 e. The highest BCUT2D eigenvalue weighted by Gasteiger charge is 2.20. The van der Waals surface area contributed by atoms with E-state index in [1.54, 1.807) is 25.4 Å². The first-order chi connectivity index (χ1) is 14.5. The fourth-order valence-corrected chi connectivity index (χ4v) is 3.58. The second-order valence-corrected chi connectivity index (χ2v) is 7.07. The summed E-state index contributed by atoms with van der Waals surface area (Å²) in [5.74, 6) is 0.289. The Hall–Kier alpha value is -3.94. The second kappa shape index (κ2) is 6.84. The first-order valence-electron chi connectivity index (χ1n) is 9.44. The topological polar surface area (TPSA) is 74.4 Å². The molecule has 0 aliphatic carbocycles. The third kappa shape index (κ3) is 2.85. The molecule has 0 amide bonds. The molecule has 0 fully saturated rings. The van der Waals surface area contributed by atoms with Gasteiger partial charge in [0.05, 0.1) is 6.20 Å². The van der Waals surface area contributed by atoms with E-state index in [9.17, 15) is 14.0 Å². The first-order valence-corrected chi connectivity index (χ1v) is 9.44. The SMILES string of the molecule is Cn1c(=O)n(CCc2ccccc2)c(=O)c2c1nc1oc(-c3ccc(F)cc3)cn12. The van der Waals surface area contributed by atoms with Crippen LogP contribution in [0.3, 0.4) is 0 Å². The van der Waals surface area contributed by atoms with Crippen molar-refractivity contribution in [1.29, 1.82) is 0 Å². The summed E-state index contributed by atoms with van der Waals surface area (Å²) in [6.07, 6.45) is 2.18. The summed E-state index contributed by atoms with van der Waals surface area (Å²) in [6, 6.07) is 15.5. The summed E-state index contributed by atoms with van der Waals surface area (Å²) in [5.41, 5.74) is 1.35. The Labute approximate surface area is 169 Å². The number of nitrogens with zero attached hydrogens (tertiary/aromatic N) is 4. The van der Waals surface area contributed by atoms with Crippen LogP contribution in [0, 0.1) is 5.82 Å². The predicted octanol–water partition coefficient (Wildman–Crippen LogP) is 2.99. The zero-order valence-electron chi connectivity index (χ0n) is 16.1. The first kappa shape index (κ1) is 18.1. The lowest BCUT2D eigenvalue weighted by Crippen LogP contribution is -2.39. The van der Waals surface area contributed by atoms with Gasteiger partial charge in [0.15, 0.2) is 16.9 Å². The molecule has 0 bridgehead atoms. The molecule has 5 aromatic rings. The van der Waals surface area contributed by atoms with Gasteiger partial charge in [-0.1, -0.05) is 30.3 Å². The molecule has 2 aromatic carbocycles.